The van der Waals surface area contributed by atoms with E-state index in [0.717, 1.165) is 35.9 Å². The molecule has 28 heavy (non-hydrogen) atoms. The lowest BCUT2D eigenvalue weighted by Gasteiger charge is -2.28. The van der Waals surface area contributed by atoms with Crippen LogP contribution in [0, 0.1) is 0 Å². The highest BCUT2D eigenvalue weighted by Gasteiger charge is 2.37. The molecule has 0 unspecified atom stereocenters. The van der Waals surface area contributed by atoms with Crippen molar-refractivity contribution in [2.24, 2.45) is 0 Å². The predicted octanol–water partition coefficient (Wildman–Crippen LogP) is 8.43. The van der Waals surface area contributed by atoms with E-state index in [0.29, 0.717) is 11.4 Å². The van der Waals surface area contributed by atoms with E-state index >= 15 is 0 Å². The number of thiophene rings is 2. The summed E-state index contributed by atoms with van der Waals surface area (Å²) in [5.74, 6) is 0. The highest BCUT2D eigenvalue weighted by atomic mass is 79.9. The molecule has 0 saturated carbocycles. The van der Waals surface area contributed by atoms with E-state index in [1.54, 1.807) is 21.7 Å². The third-order valence-electron chi connectivity index (χ3n) is 5.11. The fourth-order valence-corrected chi connectivity index (χ4v) is 9.27. The Labute approximate surface area is 193 Å². The third kappa shape index (κ3) is 5.23. The van der Waals surface area contributed by atoms with Crippen LogP contribution in [0.1, 0.15) is 71.1 Å². The lowest BCUT2D eigenvalue weighted by Crippen LogP contribution is -2.34. The number of rotatable bonds is 11. The lowest BCUT2D eigenvalue weighted by atomic mass is 10.1. The van der Waals surface area contributed by atoms with Gasteiger partial charge in [-0.1, -0.05) is 64.7 Å². The highest BCUT2D eigenvalue weighted by molar-refractivity contribution is 9.11. The van der Waals surface area contributed by atoms with Crippen molar-refractivity contribution >= 4 is 70.2 Å². The molecule has 0 atom stereocenters. The molecule has 1 aliphatic heterocycles. The lowest BCUT2D eigenvalue weighted by molar-refractivity contribution is 0.555. The van der Waals surface area contributed by atoms with Gasteiger partial charge in [-0.25, -0.2) is 8.42 Å². The van der Waals surface area contributed by atoms with Crippen LogP contribution in [-0.2, 0) is 10.0 Å². The Morgan fingerprint density at radius 1 is 0.821 bits per heavy atom. The Bertz CT molecular complexity index is 889. The molecule has 0 aromatic carbocycles. The topological polar surface area (TPSA) is 37.4 Å². The van der Waals surface area contributed by atoms with Crippen molar-refractivity contribution < 1.29 is 8.42 Å². The molecule has 2 aromatic rings. The average molecular weight is 569 g/mol. The van der Waals surface area contributed by atoms with E-state index in [1.165, 1.54) is 62.7 Å². The third-order valence-corrected chi connectivity index (χ3v) is 10.5. The number of sulfonamides is 1. The molecule has 0 spiro atoms. The molecule has 156 valence electrons. The second-order valence-electron chi connectivity index (χ2n) is 7.27. The maximum Gasteiger partial charge on any atom is 0.265 e. The van der Waals surface area contributed by atoms with Crippen molar-refractivity contribution in [3.8, 4) is 9.75 Å². The first-order valence-corrected chi connectivity index (χ1v) is 14.7. The van der Waals surface area contributed by atoms with E-state index in [4.69, 9.17) is 0 Å². The SMILES string of the molecule is CCCCCCCCCCCCN1c2cc(Br)sc2-c2sc(Br)cc2S1(=O)=O. The first-order valence-electron chi connectivity index (χ1n) is 10.1. The summed E-state index contributed by atoms with van der Waals surface area (Å²) in [5.41, 5.74) is 0.828. The summed E-state index contributed by atoms with van der Waals surface area (Å²) in [6, 6.07) is 3.70. The standard InChI is InChI=1S/C20H27Br2NO2S3/c1-2-3-4-5-6-7-8-9-10-11-12-23-15-13-17(21)26-19(15)20-16(28(23,24)25)14-18(22)27-20/h13-14H,2-12H2,1H3. The van der Waals surface area contributed by atoms with Crippen molar-refractivity contribution in [1.82, 2.24) is 0 Å². The number of unbranched alkanes of at least 4 members (excludes halogenated alkanes) is 9. The molecule has 3 rings (SSSR count). The van der Waals surface area contributed by atoms with Gasteiger partial charge < -0.3 is 0 Å². The average Bonchev–Trinajstić information content (AvgIpc) is 3.22. The Balaban J connectivity index is 1.54. The smallest absolute Gasteiger partial charge is 0.265 e. The Morgan fingerprint density at radius 2 is 1.36 bits per heavy atom. The van der Waals surface area contributed by atoms with Gasteiger partial charge in [-0.15, -0.1) is 22.7 Å². The summed E-state index contributed by atoms with van der Waals surface area (Å²) in [7, 11) is -3.47. The first-order chi connectivity index (χ1) is 13.4. The Morgan fingerprint density at radius 3 is 2.00 bits per heavy atom. The van der Waals surface area contributed by atoms with Crippen LogP contribution >= 0.6 is 54.5 Å². The molecule has 3 nitrogen and oxygen atoms in total. The van der Waals surface area contributed by atoms with Crippen molar-refractivity contribution in [1.29, 1.82) is 0 Å². The van der Waals surface area contributed by atoms with Gasteiger partial charge in [0.2, 0.25) is 0 Å². The van der Waals surface area contributed by atoms with Gasteiger partial charge in [0.05, 0.1) is 23.0 Å². The monoisotopic (exact) mass is 567 g/mol. The molecule has 0 bridgehead atoms. The van der Waals surface area contributed by atoms with Gasteiger partial charge in [0.25, 0.3) is 10.0 Å². The van der Waals surface area contributed by atoms with Gasteiger partial charge in [0, 0.05) is 6.54 Å². The molecule has 0 saturated heterocycles. The molecule has 8 heteroatoms. The second kappa shape index (κ2) is 10.4. The summed E-state index contributed by atoms with van der Waals surface area (Å²) in [6.07, 6.45) is 12.5. The van der Waals surface area contributed by atoms with Gasteiger partial charge >= 0.3 is 0 Å². The fraction of sp³-hybridized carbons (Fsp3) is 0.600. The number of hydrogen-bond acceptors (Lipinski definition) is 4. The summed E-state index contributed by atoms with van der Waals surface area (Å²) in [6.45, 7) is 2.81. The zero-order valence-corrected chi connectivity index (χ0v) is 21.8. The number of anilines is 1. The molecule has 2 aromatic heterocycles. The minimum absolute atomic E-state index is 0.443. The zero-order valence-electron chi connectivity index (χ0n) is 16.2. The maximum atomic E-state index is 13.2. The molecule has 0 amide bonds. The van der Waals surface area contributed by atoms with Crippen LogP contribution in [0.3, 0.4) is 0 Å². The molecular formula is C20H27Br2NO2S3. The summed E-state index contributed by atoms with van der Waals surface area (Å²) < 4.78 is 29.8. The molecular weight excluding hydrogens is 542 g/mol. The van der Waals surface area contributed by atoms with Crippen molar-refractivity contribution in [2.45, 2.75) is 76.0 Å². The number of hydrogen-bond donors (Lipinski definition) is 0. The largest absolute Gasteiger partial charge is 0.265 e. The quantitative estimate of drug-likeness (QED) is 0.255. The van der Waals surface area contributed by atoms with Crippen LogP contribution in [0.2, 0.25) is 0 Å². The molecule has 0 aliphatic carbocycles. The van der Waals surface area contributed by atoms with E-state index in [9.17, 15) is 8.42 Å². The van der Waals surface area contributed by atoms with Crippen LogP contribution < -0.4 is 4.31 Å². The van der Waals surface area contributed by atoms with Crippen LogP contribution in [0.4, 0.5) is 5.69 Å². The highest BCUT2D eigenvalue weighted by Crippen LogP contribution is 2.53. The molecule has 3 heterocycles. The van der Waals surface area contributed by atoms with Crippen LogP contribution in [0.25, 0.3) is 9.75 Å². The van der Waals surface area contributed by atoms with Crippen molar-refractivity contribution in [3.63, 3.8) is 0 Å². The van der Waals surface area contributed by atoms with Crippen LogP contribution in [0.5, 0.6) is 0 Å². The maximum absolute atomic E-state index is 13.2. The second-order valence-corrected chi connectivity index (χ2v) is 14.0. The molecule has 0 N–H and O–H groups in total. The van der Waals surface area contributed by atoms with Crippen molar-refractivity contribution in [2.75, 3.05) is 10.8 Å². The van der Waals surface area contributed by atoms with Crippen LogP contribution in [-0.4, -0.2) is 15.0 Å². The van der Waals surface area contributed by atoms with Gasteiger partial charge in [-0.3, -0.25) is 4.31 Å². The fourth-order valence-electron chi connectivity index (χ4n) is 3.63. The Kier molecular flexibility index (Phi) is 8.48. The minimum Gasteiger partial charge on any atom is -0.265 e. The minimum atomic E-state index is -3.47. The summed E-state index contributed by atoms with van der Waals surface area (Å²) >= 11 is 10.1. The summed E-state index contributed by atoms with van der Waals surface area (Å²) in [4.78, 5) is 2.36. The molecule has 0 fully saturated rings. The number of halogens is 2. The van der Waals surface area contributed by atoms with Gasteiger partial charge in [-0.05, 0) is 50.4 Å². The van der Waals surface area contributed by atoms with E-state index in [2.05, 4.69) is 38.8 Å². The number of fused-ring (bicyclic) bond motifs is 3. The van der Waals surface area contributed by atoms with Gasteiger partial charge in [0.1, 0.15) is 4.90 Å². The normalized spacial score (nSPS) is 14.9. The van der Waals surface area contributed by atoms with E-state index in [-0.39, 0.29) is 0 Å². The van der Waals surface area contributed by atoms with E-state index in [1.807, 2.05) is 6.07 Å². The zero-order chi connectivity index (χ0) is 20.1. The number of nitrogens with zero attached hydrogens (tertiary/aromatic N) is 1. The van der Waals surface area contributed by atoms with Gasteiger partial charge in [-0.2, -0.15) is 0 Å². The van der Waals surface area contributed by atoms with Gasteiger partial charge in [0.15, 0.2) is 0 Å². The van der Waals surface area contributed by atoms with E-state index < -0.39 is 10.0 Å². The first kappa shape index (κ1) is 22.8. The van der Waals surface area contributed by atoms with Crippen LogP contribution in [0.15, 0.2) is 24.6 Å². The summed E-state index contributed by atoms with van der Waals surface area (Å²) in [5, 5.41) is 0. The van der Waals surface area contributed by atoms with Crippen molar-refractivity contribution in [3.05, 3.63) is 19.7 Å². The molecule has 0 radical (unpaired) electrons. The Hall–Kier alpha value is 0.110. The predicted molar refractivity (Wildman–Crippen MR) is 129 cm³/mol. The molecule has 1 aliphatic rings.